The highest BCUT2D eigenvalue weighted by Crippen LogP contribution is 2.24. The highest BCUT2D eigenvalue weighted by atomic mass is 16.5. The molecular formula is C27H37N3O3. The molecule has 0 aliphatic carbocycles. The Morgan fingerprint density at radius 1 is 1.06 bits per heavy atom. The van der Waals surface area contributed by atoms with Crippen LogP contribution < -0.4 is 15.4 Å². The lowest BCUT2D eigenvalue weighted by molar-refractivity contribution is -0.128. The monoisotopic (exact) mass is 451 g/mol. The topological polar surface area (TPSA) is 70.7 Å². The molecule has 6 heteroatoms. The second-order valence-corrected chi connectivity index (χ2v) is 9.07. The van der Waals surface area contributed by atoms with E-state index in [2.05, 4.69) is 27.7 Å². The van der Waals surface area contributed by atoms with Gasteiger partial charge in [0.2, 0.25) is 11.8 Å². The normalized spacial score (nSPS) is 15.6. The van der Waals surface area contributed by atoms with Gasteiger partial charge in [0.1, 0.15) is 5.75 Å². The SMILES string of the molecule is COc1ccc(CCC2CCN(C(C)C(=O)NCC(=O)Nc3c(C)cccc3C)CC2)cc1. The zero-order chi connectivity index (χ0) is 23.8. The summed E-state index contributed by atoms with van der Waals surface area (Å²) in [5.74, 6) is 1.28. The standard InChI is InChI=1S/C27H37N3O3/c1-19-6-5-7-20(2)26(19)29-25(31)18-28-27(32)21(3)30-16-14-23(15-17-30)9-8-22-10-12-24(33-4)13-11-22/h5-7,10-13,21,23H,8-9,14-18H2,1-4H3,(H,28,32)(H,29,31). The summed E-state index contributed by atoms with van der Waals surface area (Å²) in [6, 6.07) is 14.0. The quantitative estimate of drug-likeness (QED) is 0.602. The van der Waals surface area contributed by atoms with Gasteiger partial charge in [0.15, 0.2) is 0 Å². The number of carbonyl (C=O) groups excluding carboxylic acids is 2. The number of benzene rings is 2. The zero-order valence-electron chi connectivity index (χ0n) is 20.3. The van der Waals surface area contributed by atoms with Gasteiger partial charge in [-0.05, 0) is 94.3 Å². The van der Waals surface area contributed by atoms with Crippen molar-refractivity contribution in [2.75, 3.05) is 32.1 Å². The van der Waals surface area contributed by atoms with Gasteiger partial charge in [0.05, 0.1) is 19.7 Å². The minimum absolute atomic E-state index is 0.0186. The van der Waals surface area contributed by atoms with Crippen LogP contribution in [0.4, 0.5) is 5.69 Å². The summed E-state index contributed by atoms with van der Waals surface area (Å²) in [4.78, 5) is 27.2. The van der Waals surface area contributed by atoms with E-state index in [-0.39, 0.29) is 24.4 Å². The molecule has 1 aliphatic heterocycles. The summed E-state index contributed by atoms with van der Waals surface area (Å²) < 4.78 is 5.22. The minimum Gasteiger partial charge on any atom is -0.497 e. The molecule has 2 amide bonds. The number of likely N-dealkylation sites (tertiary alicyclic amines) is 1. The average molecular weight is 452 g/mol. The predicted molar refractivity (Wildman–Crippen MR) is 133 cm³/mol. The number of rotatable bonds is 9. The number of methoxy groups -OCH3 is 1. The van der Waals surface area contributed by atoms with Crippen LogP contribution in [0.25, 0.3) is 0 Å². The van der Waals surface area contributed by atoms with Gasteiger partial charge >= 0.3 is 0 Å². The Morgan fingerprint density at radius 2 is 1.70 bits per heavy atom. The highest BCUT2D eigenvalue weighted by Gasteiger charge is 2.26. The first-order valence-electron chi connectivity index (χ1n) is 11.9. The molecule has 1 saturated heterocycles. The lowest BCUT2D eigenvalue weighted by Gasteiger charge is -2.35. The number of ether oxygens (including phenoxy) is 1. The number of aryl methyl sites for hydroxylation is 3. The highest BCUT2D eigenvalue weighted by molar-refractivity contribution is 5.96. The number of nitrogens with one attached hydrogen (secondary N) is 2. The van der Waals surface area contributed by atoms with Crippen LogP contribution in [-0.4, -0.2) is 49.5 Å². The number of hydrogen-bond acceptors (Lipinski definition) is 4. The molecule has 2 N–H and O–H groups in total. The molecule has 178 valence electrons. The van der Waals surface area contributed by atoms with E-state index in [1.165, 1.54) is 12.0 Å². The Labute approximate surface area is 197 Å². The van der Waals surface area contributed by atoms with Crippen molar-refractivity contribution < 1.29 is 14.3 Å². The second kappa shape index (κ2) is 11.8. The number of amides is 2. The summed E-state index contributed by atoms with van der Waals surface area (Å²) in [5, 5.41) is 5.72. The molecule has 0 saturated carbocycles. The van der Waals surface area contributed by atoms with E-state index >= 15 is 0 Å². The fourth-order valence-electron chi connectivity index (χ4n) is 4.47. The average Bonchev–Trinajstić information content (AvgIpc) is 2.83. The van der Waals surface area contributed by atoms with Crippen LogP contribution in [0.1, 0.15) is 42.9 Å². The fourth-order valence-corrected chi connectivity index (χ4v) is 4.47. The van der Waals surface area contributed by atoms with Gasteiger partial charge in [-0.25, -0.2) is 0 Å². The van der Waals surface area contributed by atoms with E-state index in [4.69, 9.17) is 4.74 Å². The van der Waals surface area contributed by atoms with E-state index in [1.807, 2.05) is 51.1 Å². The van der Waals surface area contributed by atoms with Crippen molar-refractivity contribution in [3.8, 4) is 5.75 Å². The fraction of sp³-hybridized carbons (Fsp3) is 0.481. The second-order valence-electron chi connectivity index (χ2n) is 9.07. The Kier molecular flexibility index (Phi) is 8.89. The number of anilines is 1. The maximum Gasteiger partial charge on any atom is 0.243 e. The Bertz CT molecular complexity index is 914. The molecule has 1 fully saturated rings. The van der Waals surface area contributed by atoms with E-state index in [1.54, 1.807) is 7.11 Å². The number of carbonyl (C=O) groups is 2. The third-order valence-electron chi connectivity index (χ3n) is 6.75. The molecule has 0 spiro atoms. The van der Waals surface area contributed by atoms with Crippen LogP contribution in [0.5, 0.6) is 5.75 Å². The Hall–Kier alpha value is -2.86. The van der Waals surface area contributed by atoms with Crippen molar-refractivity contribution in [3.63, 3.8) is 0 Å². The maximum absolute atomic E-state index is 12.6. The van der Waals surface area contributed by atoms with Gasteiger partial charge in [0.25, 0.3) is 0 Å². The van der Waals surface area contributed by atoms with Crippen LogP contribution in [0, 0.1) is 19.8 Å². The predicted octanol–water partition coefficient (Wildman–Crippen LogP) is 4.10. The van der Waals surface area contributed by atoms with Gasteiger partial charge < -0.3 is 15.4 Å². The van der Waals surface area contributed by atoms with Crippen LogP contribution in [0.3, 0.4) is 0 Å². The van der Waals surface area contributed by atoms with Gasteiger partial charge in [0, 0.05) is 5.69 Å². The summed E-state index contributed by atoms with van der Waals surface area (Å²) >= 11 is 0. The van der Waals surface area contributed by atoms with Crippen LogP contribution in [-0.2, 0) is 16.0 Å². The first kappa shape index (κ1) is 24.8. The lowest BCUT2D eigenvalue weighted by atomic mass is 9.90. The Balaban J connectivity index is 1.38. The van der Waals surface area contributed by atoms with Gasteiger partial charge in [-0.3, -0.25) is 14.5 Å². The molecule has 0 bridgehead atoms. The van der Waals surface area contributed by atoms with Crippen molar-refractivity contribution in [1.82, 2.24) is 10.2 Å². The van der Waals surface area contributed by atoms with E-state index in [0.717, 1.165) is 54.9 Å². The number of hydrogen-bond donors (Lipinski definition) is 2. The molecule has 1 heterocycles. The summed E-state index contributed by atoms with van der Waals surface area (Å²) in [5.41, 5.74) is 4.18. The molecule has 1 atom stereocenters. The van der Waals surface area contributed by atoms with Crippen molar-refractivity contribution in [3.05, 3.63) is 59.2 Å². The molecule has 1 aliphatic rings. The van der Waals surface area contributed by atoms with Crippen LogP contribution in [0.15, 0.2) is 42.5 Å². The third kappa shape index (κ3) is 7.06. The largest absolute Gasteiger partial charge is 0.497 e. The molecule has 3 rings (SSSR count). The molecule has 6 nitrogen and oxygen atoms in total. The zero-order valence-corrected chi connectivity index (χ0v) is 20.3. The molecule has 2 aromatic carbocycles. The molecule has 0 aromatic heterocycles. The number of nitrogens with zero attached hydrogens (tertiary/aromatic N) is 1. The maximum atomic E-state index is 12.6. The summed E-state index contributed by atoms with van der Waals surface area (Å²) in [6.45, 7) is 7.66. The first-order chi connectivity index (χ1) is 15.9. The lowest BCUT2D eigenvalue weighted by Crippen LogP contribution is -2.49. The first-order valence-corrected chi connectivity index (χ1v) is 11.9. The third-order valence-corrected chi connectivity index (χ3v) is 6.75. The summed E-state index contributed by atoms with van der Waals surface area (Å²) in [6.07, 6.45) is 4.43. The van der Waals surface area contributed by atoms with Crippen molar-refractivity contribution in [2.24, 2.45) is 5.92 Å². The van der Waals surface area contributed by atoms with Crippen LogP contribution in [0.2, 0.25) is 0 Å². The van der Waals surface area contributed by atoms with Gasteiger partial charge in [-0.15, -0.1) is 0 Å². The molecular weight excluding hydrogens is 414 g/mol. The summed E-state index contributed by atoms with van der Waals surface area (Å²) in [7, 11) is 1.69. The number of piperidine rings is 1. The van der Waals surface area contributed by atoms with Gasteiger partial charge in [-0.2, -0.15) is 0 Å². The van der Waals surface area contributed by atoms with E-state index in [0.29, 0.717) is 5.92 Å². The molecule has 1 unspecified atom stereocenters. The minimum atomic E-state index is -0.236. The van der Waals surface area contributed by atoms with Crippen molar-refractivity contribution in [2.45, 2.75) is 52.5 Å². The smallest absolute Gasteiger partial charge is 0.243 e. The van der Waals surface area contributed by atoms with Gasteiger partial charge in [-0.1, -0.05) is 30.3 Å². The molecule has 33 heavy (non-hydrogen) atoms. The van der Waals surface area contributed by atoms with Crippen LogP contribution >= 0.6 is 0 Å². The van der Waals surface area contributed by atoms with Crippen molar-refractivity contribution >= 4 is 17.5 Å². The van der Waals surface area contributed by atoms with E-state index in [9.17, 15) is 9.59 Å². The van der Waals surface area contributed by atoms with E-state index < -0.39 is 0 Å². The van der Waals surface area contributed by atoms with Crippen molar-refractivity contribution in [1.29, 1.82) is 0 Å². The Morgan fingerprint density at radius 3 is 2.30 bits per heavy atom. The molecule has 0 radical (unpaired) electrons. The number of para-hydroxylation sites is 1. The molecule has 2 aromatic rings.